The van der Waals surface area contributed by atoms with Crippen LogP contribution in [0.25, 0.3) is 0 Å². The predicted octanol–water partition coefficient (Wildman–Crippen LogP) is 1.50. The van der Waals surface area contributed by atoms with Crippen LogP contribution in [0.1, 0.15) is 5.56 Å². The minimum atomic E-state index is -0.562. The molecule has 9 heteroatoms. The predicted molar refractivity (Wildman–Crippen MR) is 87.9 cm³/mol. The third-order valence-corrected chi connectivity index (χ3v) is 3.17. The number of amides is 1. The van der Waals surface area contributed by atoms with Gasteiger partial charge in [-0.05, 0) is 31.8 Å². The molecule has 0 saturated carbocycles. The summed E-state index contributed by atoms with van der Waals surface area (Å²) in [5.74, 6) is 0.195. The van der Waals surface area contributed by atoms with E-state index in [9.17, 15) is 14.9 Å². The van der Waals surface area contributed by atoms with Gasteiger partial charge in [-0.25, -0.2) is 0 Å². The van der Waals surface area contributed by atoms with Crippen LogP contribution < -0.4 is 10.1 Å². The highest BCUT2D eigenvalue weighted by Crippen LogP contribution is 2.26. The first kappa shape index (κ1) is 17.4. The molecule has 0 saturated heterocycles. The van der Waals surface area contributed by atoms with Crippen molar-refractivity contribution in [3.05, 3.63) is 46.3 Å². The average molecular weight is 333 g/mol. The summed E-state index contributed by atoms with van der Waals surface area (Å²) in [4.78, 5) is 24.2. The largest absolute Gasteiger partial charge is 0.495 e. The SMILES string of the molecule is COc1cc(CN(C)C)ccc1NC(=O)Cn1cc([N+](=O)[O-])cn1. The van der Waals surface area contributed by atoms with Crippen molar-refractivity contribution in [3.63, 3.8) is 0 Å². The fraction of sp³-hybridized carbons (Fsp3) is 0.333. The van der Waals surface area contributed by atoms with Gasteiger partial charge in [0.25, 0.3) is 0 Å². The molecule has 9 nitrogen and oxygen atoms in total. The number of nitro groups is 1. The molecule has 1 amide bonds. The fourth-order valence-electron chi connectivity index (χ4n) is 2.17. The molecule has 2 rings (SSSR count). The molecular weight excluding hydrogens is 314 g/mol. The van der Waals surface area contributed by atoms with Gasteiger partial charge < -0.3 is 15.0 Å². The van der Waals surface area contributed by atoms with Crippen molar-refractivity contribution in [2.75, 3.05) is 26.5 Å². The monoisotopic (exact) mass is 333 g/mol. The Hall–Kier alpha value is -2.94. The maximum Gasteiger partial charge on any atom is 0.307 e. The maximum atomic E-state index is 12.1. The molecule has 2 aromatic rings. The number of hydrogen-bond acceptors (Lipinski definition) is 6. The Morgan fingerprint density at radius 3 is 2.79 bits per heavy atom. The number of hydrogen-bond donors (Lipinski definition) is 1. The molecule has 0 atom stereocenters. The van der Waals surface area contributed by atoms with E-state index < -0.39 is 4.92 Å². The molecule has 128 valence electrons. The van der Waals surface area contributed by atoms with E-state index in [4.69, 9.17) is 4.74 Å². The number of anilines is 1. The molecule has 0 aliphatic carbocycles. The van der Waals surface area contributed by atoms with Crippen LogP contribution in [0.3, 0.4) is 0 Å². The highest BCUT2D eigenvalue weighted by atomic mass is 16.6. The number of carbonyl (C=O) groups excluding carboxylic acids is 1. The second-order valence-electron chi connectivity index (χ2n) is 5.47. The number of methoxy groups -OCH3 is 1. The van der Waals surface area contributed by atoms with Crippen molar-refractivity contribution >= 4 is 17.3 Å². The molecular formula is C15H19N5O4. The van der Waals surface area contributed by atoms with Gasteiger partial charge >= 0.3 is 5.69 Å². The molecule has 0 unspecified atom stereocenters. The quantitative estimate of drug-likeness (QED) is 0.608. The summed E-state index contributed by atoms with van der Waals surface area (Å²) in [5, 5.41) is 17.1. The summed E-state index contributed by atoms with van der Waals surface area (Å²) in [6.07, 6.45) is 2.31. The van der Waals surface area contributed by atoms with Gasteiger partial charge in [0, 0.05) is 6.54 Å². The summed E-state index contributed by atoms with van der Waals surface area (Å²) < 4.78 is 6.52. The minimum Gasteiger partial charge on any atom is -0.495 e. The van der Waals surface area contributed by atoms with Crippen molar-refractivity contribution in [3.8, 4) is 5.75 Å². The Morgan fingerprint density at radius 1 is 1.46 bits per heavy atom. The number of carbonyl (C=O) groups is 1. The Morgan fingerprint density at radius 2 is 2.21 bits per heavy atom. The van der Waals surface area contributed by atoms with E-state index in [0.717, 1.165) is 18.3 Å². The molecule has 1 heterocycles. The van der Waals surface area contributed by atoms with Crippen LogP contribution in [0.4, 0.5) is 11.4 Å². The summed E-state index contributed by atoms with van der Waals surface area (Å²) in [6, 6.07) is 5.52. The number of nitrogens with one attached hydrogen (secondary N) is 1. The lowest BCUT2D eigenvalue weighted by atomic mass is 10.1. The van der Waals surface area contributed by atoms with Crippen LogP contribution in [0.5, 0.6) is 5.75 Å². The number of ether oxygens (including phenoxy) is 1. The second-order valence-corrected chi connectivity index (χ2v) is 5.47. The van der Waals surface area contributed by atoms with Crippen LogP contribution in [0, 0.1) is 10.1 Å². The summed E-state index contributed by atoms with van der Waals surface area (Å²) in [5.41, 5.74) is 1.43. The van der Waals surface area contributed by atoms with E-state index in [1.165, 1.54) is 18.0 Å². The van der Waals surface area contributed by atoms with Gasteiger partial charge in [-0.1, -0.05) is 6.07 Å². The molecule has 0 spiro atoms. The smallest absolute Gasteiger partial charge is 0.307 e. The van der Waals surface area contributed by atoms with E-state index >= 15 is 0 Å². The van der Waals surface area contributed by atoms with Gasteiger partial charge in [0.1, 0.15) is 24.7 Å². The topological polar surface area (TPSA) is 103 Å². The molecule has 24 heavy (non-hydrogen) atoms. The summed E-state index contributed by atoms with van der Waals surface area (Å²) in [6.45, 7) is 0.623. The molecule has 1 aromatic heterocycles. The molecule has 0 bridgehead atoms. The highest BCUT2D eigenvalue weighted by molar-refractivity contribution is 5.92. The van der Waals surface area contributed by atoms with Crippen molar-refractivity contribution < 1.29 is 14.5 Å². The lowest BCUT2D eigenvalue weighted by molar-refractivity contribution is -0.385. The van der Waals surface area contributed by atoms with Crippen molar-refractivity contribution in [1.29, 1.82) is 0 Å². The van der Waals surface area contributed by atoms with Crippen LogP contribution in [-0.2, 0) is 17.9 Å². The van der Waals surface area contributed by atoms with Crippen LogP contribution in [-0.4, -0.2) is 46.7 Å². The van der Waals surface area contributed by atoms with Crippen molar-refractivity contribution in [2.45, 2.75) is 13.1 Å². The van der Waals surface area contributed by atoms with Gasteiger partial charge in [-0.2, -0.15) is 5.10 Å². The Kier molecular flexibility index (Phi) is 5.48. The van der Waals surface area contributed by atoms with Crippen molar-refractivity contribution in [1.82, 2.24) is 14.7 Å². The first-order valence-corrected chi connectivity index (χ1v) is 7.17. The summed E-state index contributed by atoms with van der Waals surface area (Å²) in [7, 11) is 5.46. The second kappa shape index (κ2) is 7.55. The molecule has 0 radical (unpaired) electrons. The number of aromatic nitrogens is 2. The molecule has 0 aliphatic heterocycles. The third kappa shape index (κ3) is 4.53. The lowest BCUT2D eigenvalue weighted by Crippen LogP contribution is -2.19. The first-order chi connectivity index (χ1) is 11.4. The van der Waals surface area contributed by atoms with Gasteiger partial charge in [0.15, 0.2) is 0 Å². The zero-order chi connectivity index (χ0) is 17.7. The number of nitrogens with zero attached hydrogens (tertiary/aromatic N) is 4. The summed E-state index contributed by atoms with van der Waals surface area (Å²) >= 11 is 0. The van der Waals surface area contributed by atoms with Crippen LogP contribution in [0.15, 0.2) is 30.6 Å². The van der Waals surface area contributed by atoms with E-state index in [-0.39, 0.29) is 18.1 Å². The van der Waals surface area contributed by atoms with E-state index in [2.05, 4.69) is 10.4 Å². The first-order valence-electron chi connectivity index (χ1n) is 7.17. The maximum absolute atomic E-state index is 12.1. The molecule has 1 N–H and O–H groups in total. The lowest BCUT2D eigenvalue weighted by Gasteiger charge is -2.14. The zero-order valence-electron chi connectivity index (χ0n) is 13.7. The number of benzene rings is 1. The molecule has 0 fully saturated rings. The van der Waals surface area contributed by atoms with Crippen molar-refractivity contribution in [2.24, 2.45) is 0 Å². The van der Waals surface area contributed by atoms with E-state index in [1.807, 2.05) is 31.1 Å². The Bertz CT molecular complexity index is 741. The van der Waals surface area contributed by atoms with Crippen LogP contribution >= 0.6 is 0 Å². The standard InChI is InChI=1S/C15H19N5O4/c1-18(2)8-11-4-5-13(14(6-11)24-3)17-15(21)10-19-9-12(7-16-19)20(22)23/h4-7,9H,8,10H2,1-3H3,(H,17,21). The van der Waals surface area contributed by atoms with Gasteiger partial charge in [-0.15, -0.1) is 0 Å². The molecule has 1 aromatic carbocycles. The third-order valence-electron chi connectivity index (χ3n) is 3.17. The Labute approximate surface area is 139 Å². The normalized spacial score (nSPS) is 10.7. The Balaban J connectivity index is 2.06. The van der Waals surface area contributed by atoms with Gasteiger partial charge in [0.2, 0.25) is 5.91 Å². The van der Waals surface area contributed by atoms with Crippen LogP contribution in [0.2, 0.25) is 0 Å². The number of rotatable bonds is 7. The van der Waals surface area contributed by atoms with Gasteiger partial charge in [0.05, 0.1) is 17.7 Å². The van der Waals surface area contributed by atoms with E-state index in [1.54, 1.807) is 6.07 Å². The highest BCUT2D eigenvalue weighted by Gasteiger charge is 2.13. The molecule has 0 aliphatic rings. The van der Waals surface area contributed by atoms with Gasteiger partial charge in [-0.3, -0.25) is 19.6 Å². The average Bonchev–Trinajstić information content (AvgIpc) is 2.96. The fourth-order valence-corrected chi connectivity index (χ4v) is 2.17. The van der Waals surface area contributed by atoms with E-state index in [0.29, 0.717) is 11.4 Å². The minimum absolute atomic E-state index is 0.129. The zero-order valence-corrected chi connectivity index (χ0v) is 13.7.